The van der Waals surface area contributed by atoms with E-state index in [9.17, 15) is 0 Å². The lowest BCUT2D eigenvalue weighted by Gasteiger charge is -1.98. The first-order chi connectivity index (χ1) is 6.75. The van der Waals surface area contributed by atoms with E-state index >= 15 is 0 Å². The van der Waals surface area contributed by atoms with E-state index in [2.05, 4.69) is 0 Å². The van der Waals surface area contributed by atoms with Crippen molar-refractivity contribution in [1.82, 2.24) is 0 Å². The van der Waals surface area contributed by atoms with Crippen molar-refractivity contribution in [2.45, 2.75) is 13.8 Å². The molecule has 0 bridgehead atoms. The molecule has 0 saturated carbocycles. The number of hydrogen-bond acceptors (Lipinski definition) is 1. The van der Waals surface area contributed by atoms with E-state index in [-0.39, 0.29) is 5.75 Å². The Bertz CT molecular complexity index is 382. The van der Waals surface area contributed by atoms with Gasteiger partial charge in [0.15, 0.2) is 0 Å². The lowest BCUT2D eigenvalue weighted by molar-refractivity contribution is 0.476. The summed E-state index contributed by atoms with van der Waals surface area (Å²) in [5.74, 6) is 0.282. The van der Waals surface area contributed by atoms with Crippen LogP contribution in [0.1, 0.15) is 13.8 Å². The van der Waals surface area contributed by atoms with Gasteiger partial charge < -0.3 is 5.11 Å². The van der Waals surface area contributed by atoms with Gasteiger partial charge in [-0.05, 0) is 35.0 Å². The second-order valence-electron chi connectivity index (χ2n) is 2.68. The number of phenols is 1. The van der Waals surface area contributed by atoms with Crippen LogP contribution >= 0.6 is 11.6 Å². The molecule has 74 valence electrons. The summed E-state index contributed by atoms with van der Waals surface area (Å²) < 4.78 is 0. The molecule has 0 saturated heterocycles. The highest BCUT2D eigenvalue weighted by molar-refractivity contribution is 6.31. The molecule has 2 aromatic rings. The lowest BCUT2D eigenvalue weighted by Crippen LogP contribution is -1.71. The fourth-order valence-electron chi connectivity index (χ4n) is 1.20. The van der Waals surface area contributed by atoms with Gasteiger partial charge >= 0.3 is 0 Å². The van der Waals surface area contributed by atoms with Gasteiger partial charge in [0.25, 0.3) is 0 Å². The summed E-state index contributed by atoms with van der Waals surface area (Å²) in [6.07, 6.45) is 0. The van der Waals surface area contributed by atoms with Crippen molar-refractivity contribution in [3.05, 3.63) is 41.4 Å². The van der Waals surface area contributed by atoms with Crippen LogP contribution in [0.2, 0.25) is 5.02 Å². The molecule has 14 heavy (non-hydrogen) atoms. The van der Waals surface area contributed by atoms with Gasteiger partial charge in [-0.2, -0.15) is 0 Å². The minimum absolute atomic E-state index is 0.282. The van der Waals surface area contributed by atoms with Gasteiger partial charge in [0.05, 0.1) is 0 Å². The molecule has 0 aliphatic heterocycles. The van der Waals surface area contributed by atoms with Crippen LogP contribution in [0.4, 0.5) is 0 Å². The fourth-order valence-corrected chi connectivity index (χ4v) is 1.38. The number of fused-ring (bicyclic) bond motifs is 1. The van der Waals surface area contributed by atoms with Gasteiger partial charge in [-0.25, -0.2) is 0 Å². The predicted molar refractivity (Wildman–Crippen MR) is 62.0 cm³/mol. The largest absolute Gasteiger partial charge is 0.508 e. The van der Waals surface area contributed by atoms with Gasteiger partial charge in [0.2, 0.25) is 0 Å². The molecule has 0 atom stereocenters. The molecular weight excluding hydrogens is 196 g/mol. The minimum Gasteiger partial charge on any atom is -0.508 e. The molecule has 0 heterocycles. The average molecular weight is 209 g/mol. The van der Waals surface area contributed by atoms with E-state index in [1.165, 1.54) is 0 Å². The zero-order chi connectivity index (χ0) is 10.6. The van der Waals surface area contributed by atoms with E-state index in [0.29, 0.717) is 5.02 Å². The number of halogens is 1. The van der Waals surface area contributed by atoms with Crippen molar-refractivity contribution in [2.24, 2.45) is 0 Å². The fraction of sp³-hybridized carbons (Fsp3) is 0.167. The Kier molecular flexibility index (Phi) is 3.78. The molecule has 0 unspecified atom stereocenters. The Morgan fingerprint density at radius 3 is 2.21 bits per heavy atom. The second-order valence-corrected chi connectivity index (χ2v) is 3.11. The van der Waals surface area contributed by atoms with Crippen molar-refractivity contribution < 1.29 is 5.11 Å². The molecule has 1 N–H and O–H groups in total. The Morgan fingerprint density at radius 1 is 0.929 bits per heavy atom. The Balaban J connectivity index is 0.000000461. The van der Waals surface area contributed by atoms with Crippen LogP contribution in [0, 0.1) is 0 Å². The van der Waals surface area contributed by atoms with E-state index in [1.54, 1.807) is 12.1 Å². The number of hydrogen-bond donors (Lipinski definition) is 1. The van der Waals surface area contributed by atoms with Gasteiger partial charge in [-0.1, -0.05) is 37.6 Å². The second kappa shape index (κ2) is 4.87. The van der Waals surface area contributed by atoms with Crippen LogP contribution in [0.3, 0.4) is 0 Å². The predicted octanol–water partition coefficient (Wildman–Crippen LogP) is 4.23. The third-order valence-corrected chi connectivity index (χ3v) is 2.02. The summed E-state index contributed by atoms with van der Waals surface area (Å²) >= 11 is 5.80. The summed E-state index contributed by atoms with van der Waals surface area (Å²) in [5.41, 5.74) is 0. The number of aromatic hydroxyl groups is 1. The summed E-state index contributed by atoms with van der Waals surface area (Å²) in [6, 6.07) is 10.8. The molecule has 2 aromatic carbocycles. The highest BCUT2D eigenvalue weighted by Crippen LogP contribution is 2.22. The van der Waals surface area contributed by atoms with Crippen LogP contribution in [-0.4, -0.2) is 5.11 Å². The standard InChI is InChI=1S/C10H7ClO.C2H6/c11-9-3-1-8-6-10(12)4-2-7(8)5-9;1-2/h1-6,12H;1-2H3. The lowest BCUT2D eigenvalue weighted by atomic mass is 10.1. The number of rotatable bonds is 0. The monoisotopic (exact) mass is 208 g/mol. The normalized spacial score (nSPS) is 9.36. The average Bonchev–Trinajstić information content (AvgIpc) is 2.21. The smallest absolute Gasteiger partial charge is 0.116 e. The van der Waals surface area contributed by atoms with Crippen molar-refractivity contribution in [1.29, 1.82) is 0 Å². The summed E-state index contributed by atoms with van der Waals surface area (Å²) in [7, 11) is 0. The van der Waals surface area contributed by atoms with E-state index in [0.717, 1.165) is 10.8 Å². The Morgan fingerprint density at radius 2 is 1.50 bits per heavy atom. The third kappa shape index (κ3) is 2.39. The van der Waals surface area contributed by atoms with Gasteiger partial charge in [-0.15, -0.1) is 0 Å². The van der Waals surface area contributed by atoms with Crippen LogP contribution < -0.4 is 0 Å². The molecule has 0 aliphatic rings. The number of benzene rings is 2. The van der Waals surface area contributed by atoms with Crippen LogP contribution in [0.15, 0.2) is 36.4 Å². The molecule has 0 amide bonds. The van der Waals surface area contributed by atoms with E-state index < -0.39 is 0 Å². The van der Waals surface area contributed by atoms with Crippen LogP contribution in [0.25, 0.3) is 10.8 Å². The SMILES string of the molecule is CC.Oc1ccc2cc(Cl)ccc2c1. The maximum Gasteiger partial charge on any atom is 0.116 e. The minimum atomic E-state index is 0.282. The molecule has 0 fully saturated rings. The van der Waals surface area contributed by atoms with Gasteiger partial charge in [0.1, 0.15) is 5.75 Å². The van der Waals surface area contributed by atoms with Gasteiger partial charge in [0, 0.05) is 5.02 Å². The van der Waals surface area contributed by atoms with Crippen molar-refractivity contribution in [2.75, 3.05) is 0 Å². The van der Waals surface area contributed by atoms with Crippen molar-refractivity contribution in [3.8, 4) is 5.75 Å². The molecule has 1 nitrogen and oxygen atoms in total. The zero-order valence-corrected chi connectivity index (χ0v) is 9.05. The summed E-state index contributed by atoms with van der Waals surface area (Å²) in [6.45, 7) is 4.00. The van der Waals surface area contributed by atoms with Crippen LogP contribution in [0.5, 0.6) is 5.75 Å². The molecule has 0 aliphatic carbocycles. The first-order valence-corrected chi connectivity index (χ1v) is 5.02. The maximum atomic E-state index is 9.17. The zero-order valence-electron chi connectivity index (χ0n) is 8.29. The molecule has 0 spiro atoms. The molecule has 2 heteroatoms. The molecule has 2 rings (SSSR count). The summed E-state index contributed by atoms with van der Waals surface area (Å²) in [5, 5.41) is 11.9. The molecule has 0 aromatic heterocycles. The van der Waals surface area contributed by atoms with E-state index in [4.69, 9.17) is 16.7 Å². The first kappa shape index (κ1) is 10.9. The maximum absolute atomic E-state index is 9.17. The van der Waals surface area contributed by atoms with E-state index in [1.807, 2.05) is 38.1 Å². The summed E-state index contributed by atoms with van der Waals surface area (Å²) in [4.78, 5) is 0. The Hall–Kier alpha value is -1.21. The Labute approximate surface area is 88.9 Å². The highest BCUT2D eigenvalue weighted by atomic mass is 35.5. The third-order valence-electron chi connectivity index (χ3n) is 1.79. The van der Waals surface area contributed by atoms with Gasteiger partial charge in [-0.3, -0.25) is 0 Å². The quantitative estimate of drug-likeness (QED) is 0.687. The molecule has 0 radical (unpaired) electrons. The molecular formula is C12H13ClO. The van der Waals surface area contributed by atoms with Crippen LogP contribution in [-0.2, 0) is 0 Å². The first-order valence-electron chi connectivity index (χ1n) is 4.64. The highest BCUT2D eigenvalue weighted by Gasteiger charge is 1.94. The van der Waals surface area contributed by atoms with Crippen molar-refractivity contribution in [3.63, 3.8) is 0 Å². The number of phenolic OH excluding ortho intramolecular Hbond substituents is 1. The topological polar surface area (TPSA) is 20.2 Å². The van der Waals surface area contributed by atoms with Crippen molar-refractivity contribution >= 4 is 22.4 Å².